The highest BCUT2D eigenvalue weighted by atomic mass is 32.2. The van der Waals surface area contributed by atoms with Crippen LogP contribution in [0.25, 0.3) is 0 Å². The molecule has 0 fully saturated rings. The van der Waals surface area contributed by atoms with Crippen molar-refractivity contribution in [2.75, 3.05) is 0 Å². The van der Waals surface area contributed by atoms with Crippen LogP contribution in [0.2, 0.25) is 0 Å². The fourth-order valence-electron chi connectivity index (χ4n) is 1.73. The maximum Gasteiger partial charge on any atom is 0.238 e. The van der Waals surface area contributed by atoms with Crippen LogP contribution in [0.5, 0.6) is 0 Å². The average Bonchev–Trinajstić information content (AvgIpc) is 2.88. The Morgan fingerprint density at radius 2 is 1.95 bits per heavy atom. The molecule has 0 bridgehead atoms. The van der Waals surface area contributed by atoms with Crippen molar-refractivity contribution >= 4 is 21.4 Å². The Morgan fingerprint density at radius 3 is 2.47 bits per heavy atom. The standard InChI is InChI=1S/C13H16N2O2S2/c1-10(15-8-11-6-7-18-9-11)12-2-4-13(5-3-12)19(14,16)17/h2-7,9-10,15H,8H2,1H3,(H2,14,16,17). The van der Waals surface area contributed by atoms with E-state index >= 15 is 0 Å². The fraction of sp³-hybridized carbons (Fsp3) is 0.231. The summed E-state index contributed by atoms with van der Waals surface area (Å²) in [4.78, 5) is 0.140. The lowest BCUT2D eigenvalue weighted by Crippen LogP contribution is -2.18. The summed E-state index contributed by atoms with van der Waals surface area (Å²) in [5.74, 6) is 0. The molecule has 0 saturated heterocycles. The Hall–Kier alpha value is -1.21. The molecule has 102 valence electrons. The SMILES string of the molecule is CC(NCc1ccsc1)c1ccc(S(N)(=O)=O)cc1. The van der Waals surface area contributed by atoms with E-state index in [2.05, 4.69) is 16.8 Å². The van der Waals surface area contributed by atoms with Gasteiger partial charge in [-0.1, -0.05) is 12.1 Å². The summed E-state index contributed by atoms with van der Waals surface area (Å²) >= 11 is 1.67. The molecule has 1 atom stereocenters. The van der Waals surface area contributed by atoms with Gasteiger partial charge in [0.25, 0.3) is 0 Å². The Balaban J connectivity index is 2.01. The van der Waals surface area contributed by atoms with E-state index in [1.54, 1.807) is 23.5 Å². The summed E-state index contributed by atoms with van der Waals surface area (Å²) in [7, 11) is -3.61. The van der Waals surface area contributed by atoms with Crippen LogP contribution in [-0.2, 0) is 16.6 Å². The van der Waals surface area contributed by atoms with Gasteiger partial charge in [-0.25, -0.2) is 13.6 Å². The minimum Gasteiger partial charge on any atom is -0.306 e. The summed E-state index contributed by atoms with van der Waals surface area (Å²) in [6, 6.07) is 8.86. The van der Waals surface area contributed by atoms with Crippen molar-refractivity contribution in [3.63, 3.8) is 0 Å². The lowest BCUT2D eigenvalue weighted by molar-refractivity contribution is 0.574. The molecule has 0 radical (unpaired) electrons. The molecular weight excluding hydrogens is 280 g/mol. The van der Waals surface area contributed by atoms with Gasteiger partial charge in [-0.3, -0.25) is 0 Å². The van der Waals surface area contributed by atoms with Crippen molar-refractivity contribution in [2.24, 2.45) is 5.14 Å². The number of primary sulfonamides is 1. The summed E-state index contributed by atoms with van der Waals surface area (Å²) in [5.41, 5.74) is 2.28. The highest BCUT2D eigenvalue weighted by Gasteiger charge is 2.09. The first kappa shape index (κ1) is 14.2. The second kappa shape index (κ2) is 5.83. The van der Waals surface area contributed by atoms with Crippen molar-refractivity contribution in [1.29, 1.82) is 0 Å². The monoisotopic (exact) mass is 296 g/mol. The molecule has 19 heavy (non-hydrogen) atoms. The van der Waals surface area contributed by atoms with E-state index in [9.17, 15) is 8.42 Å². The topological polar surface area (TPSA) is 72.2 Å². The molecule has 0 aliphatic carbocycles. The van der Waals surface area contributed by atoms with E-state index in [-0.39, 0.29) is 10.9 Å². The van der Waals surface area contributed by atoms with Crippen molar-refractivity contribution in [1.82, 2.24) is 5.32 Å². The number of hydrogen-bond donors (Lipinski definition) is 2. The van der Waals surface area contributed by atoms with Crippen LogP contribution in [0, 0.1) is 0 Å². The predicted octanol–water partition coefficient (Wildman–Crippen LogP) is 2.25. The molecule has 6 heteroatoms. The van der Waals surface area contributed by atoms with E-state index in [1.165, 1.54) is 17.7 Å². The molecule has 1 aromatic carbocycles. The van der Waals surface area contributed by atoms with Gasteiger partial charge in [0, 0.05) is 12.6 Å². The number of hydrogen-bond acceptors (Lipinski definition) is 4. The molecule has 0 aliphatic rings. The maximum absolute atomic E-state index is 11.2. The smallest absolute Gasteiger partial charge is 0.238 e. The van der Waals surface area contributed by atoms with Gasteiger partial charge in [0.1, 0.15) is 0 Å². The van der Waals surface area contributed by atoms with E-state index in [4.69, 9.17) is 5.14 Å². The van der Waals surface area contributed by atoms with Gasteiger partial charge in [-0.15, -0.1) is 0 Å². The van der Waals surface area contributed by atoms with E-state index in [1.807, 2.05) is 12.3 Å². The number of nitrogens with two attached hydrogens (primary N) is 1. The van der Waals surface area contributed by atoms with E-state index in [0.29, 0.717) is 0 Å². The molecule has 1 unspecified atom stereocenters. The van der Waals surface area contributed by atoms with Gasteiger partial charge in [-0.2, -0.15) is 11.3 Å². The Kier molecular flexibility index (Phi) is 4.36. The Bertz CT molecular complexity index is 619. The first-order chi connectivity index (χ1) is 8.97. The van der Waals surface area contributed by atoms with Gasteiger partial charge in [0.2, 0.25) is 10.0 Å². The van der Waals surface area contributed by atoms with Gasteiger partial charge in [0.05, 0.1) is 4.90 Å². The normalized spacial score (nSPS) is 13.4. The second-order valence-corrected chi connectivity index (χ2v) is 6.69. The molecular formula is C13H16N2O2S2. The summed E-state index contributed by atoms with van der Waals surface area (Å²) in [5, 5.41) is 12.6. The molecule has 2 rings (SSSR count). The molecule has 1 aromatic heterocycles. The molecule has 1 heterocycles. The number of thiophene rings is 1. The highest BCUT2D eigenvalue weighted by Crippen LogP contribution is 2.16. The zero-order chi connectivity index (χ0) is 13.9. The van der Waals surface area contributed by atoms with Crippen molar-refractivity contribution < 1.29 is 8.42 Å². The molecule has 0 saturated carbocycles. The van der Waals surface area contributed by atoms with Crippen LogP contribution in [0.3, 0.4) is 0 Å². The number of benzene rings is 1. The Morgan fingerprint density at radius 1 is 1.26 bits per heavy atom. The maximum atomic E-state index is 11.2. The third-order valence-electron chi connectivity index (χ3n) is 2.90. The summed E-state index contributed by atoms with van der Waals surface area (Å²) < 4.78 is 22.3. The molecule has 0 aliphatic heterocycles. The van der Waals surface area contributed by atoms with Crippen molar-refractivity contribution in [3.8, 4) is 0 Å². The molecule has 2 aromatic rings. The molecule has 4 nitrogen and oxygen atoms in total. The molecule has 0 amide bonds. The number of nitrogens with one attached hydrogen (secondary N) is 1. The number of rotatable bonds is 5. The van der Waals surface area contributed by atoms with Crippen LogP contribution in [0.1, 0.15) is 24.1 Å². The highest BCUT2D eigenvalue weighted by molar-refractivity contribution is 7.89. The third kappa shape index (κ3) is 3.87. The zero-order valence-electron chi connectivity index (χ0n) is 10.5. The van der Waals surface area contributed by atoms with E-state index < -0.39 is 10.0 Å². The van der Waals surface area contributed by atoms with Crippen LogP contribution in [0.4, 0.5) is 0 Å². The first-order valence-corrected chi connectivity index (χ1v) is 8.33. The first-order valence-electron chi connectivity index (χ1n) is 5.84. The third-order valence-corrected chi connectivity index (χ3v) is 4.56. The minimum absolute atomic E-state index is 0.140. The van der Waals surface area contributed by atoms with Crippen molar-refractivity contribution in [2.45, 2.75) is 24.4 Å². The van der Waals surface area contributed by atoms with Gasteiger partial charge < -0.3 is 5.32 Å². The summed E-state index contributed by atoms with van der Waals surface area (Å²) in [6.07, 6.45) is 0. The predicted molar refractivity (Wildman–Crippen MR) is 77.4 cm³/mol. The van der Waals surface area contributed by atoms with Crippen LogP contribution >= 0.6 is 11.3 Å². The molecule has 3 N–H and O–H groups in total. The van der Waals surface area contributed by atoms with Gasteiger partial charge in [-0.05, 0) is 47.0 Å². The lowest BCUT2D eigenvalue weighted by Gasteiger charge is -2.14. The fourth-order valence-corrected chi connectivity index (χ4v) is 2.91. The zero-order valence-corrected chi connectivity index (χ0v) is 12.2. The van der Waals surface area contributed by atoms with E-state index in [0.717, 1.165) is 12.1 Å². The Labute approximate surface area is 117 Å². The number of sulfonamides is 1. The van der Waals surface area contributed by atoms with Crippen LogP contribution in [-0.4, -0.2) is 8.42 Å². The van der Waals surface area contributed by atoms with Crippen LogP contribution in [0.15, 0.2) is 46.0 Å². The minimum atomic E-state index is -3.61. The second-order valence-electron chi connectivity index (χ2n) is 4.35. The van der Waals surface area contributed by atoms with Gasteiger partial charge in [0.15, 0.2) is 0 Å². The quantitative estimate of drug-likeness (QED) is 0.889. The van der Waals surface area contributed by atoms with Gasteiger partial charge >= 0.3 is 0 Å². The van der Waals surface area contributed by atoms with Crippen molar-refractivity contribution in [3.05, 3.63) is 52.2 Å². The summed E-state index contributed by atoms with van der Waals surface area (Å²) in [6.45, 7) is 2.83. The molecule has 0 spiro atoms. The average molecular weight is 296 g/mol. The lowest BCUT2D eigenvalue weighted by atomic mass is 10.1. The largest absolute Gasteiger partial charge is 0.306 e. The van der Waals surface area contributed by atoms with Crippen LogP contribution < -0.4 is 10.5 Å².